The Balaban J connectivity index is 1.68. The van der Waals surface area contributed by atoms with Crippen LogP contribution in [0.4, 0.5) is 0 Å². The fraction of sp³-hybridized carbons (Fsp3) is 0.903. The van der Waals surface area contributed by atoms with Gasteiger partial charge in [0.1, 0.15) is 11.8 Å². The van der Waals surface area contributed by atoms with Gasteiger partial charge in [-0.2, -0.15) is 5.21 Å². The van der Waals surface area contributed by atoms with Crippen molar-refractivity contribution in [3.8, 4) is 0 Å². The molecule has 0 radical (unpaired) electrons. The number of ether oxygens (including phenoxy) is 2. The summed E-state index contributed by atoms with van der Waals surface area (Å²) in [6, 6.07) is 0. The van der Waals surface area contributed by atoms with Crippen LogP contribution < -0.4 is 5.34 Å². The van der Waals surface area contributed by atoms with Crippen molar-refractivity contribution < 1.29 is 29.6 Å². The Morgan fingerprint density at radius 1 is 1.05 bits per heavy atom. The Morgan fingerprint density at radius 2 is 1.77 bits per heavy atom. The molecule has 0 amide bonds. The second kappa shape index (κ2) is 11.4. The number of nitrogens with zero attached hydrogens (tertiary/aromatic N) is 1. The summed E-state index contributed by atoms with van der Waals surface area (Å²) in [6.07, 6.45) is 10.2. The zero-order chi connectivity index (χ0) is 28.8. The molecule has 1 unspecified atom stereocenters. The maximum absolute atomic E-state index is 12.6. The Kier molecular flexibility index (Phi) is 8.90. The molecule has 222 valence electrons. The number of carbonyl (C=O) groups excluding carboxylic acids is 2. The molecule has 8 heteroatoms. The highest BCUT2D eigenvalue weighted by Gasteiger charge is 2.69. The van der Waals surface area contributed by atoms with Crippen LogP contribution >= 0.6 is 0 Å². The van der Waals surface area contributed by atoms with Crippen molar-refractivity contribution in [1.82, 2.24) is 0 Å². The van der Waals surface area contributed by atoms with E-state index >= 15 is 0 Å². The van der Waals surface area contributed by atoms with Gasteiger partial charge in [-0.15, -0.1) is 5.34 Å². The number of hydrogen-bond donors (Lipinski definition) is 2. The van der Waals surface area contributed by atoms with Gasteiger partial charge >= 0.3 is 11.9 Å². The molecule has 0 spiro atoms. The third-order valence-electron chi connectivity index (χ3n) is 11.7. The number of carbonyl (C=O) groups is 2. The van der Waals surface area contributed by atoms with Crippen molar-refractivity contribution in [1.29, 1.82) is 0 Å². The molecule has 4 saturated carbocycles. The van der Waals surface area contributed by atoms with Crippen LogP contribution in [0.1, 0.15) is 119 Å². The largest absolute Gasteiger partial charge is 0.572 e. The third-order valence-corrected chi connectivity index (χ3v) is 11.7. The summed E-state index contributed by atoms with van der Waals surface area (Å²) in [6.45, 7) is 14.5. The molecule has 0 aliphatic heterocycles. The minimum Gasteiger partial charge on any atom is -0.572 e. The van der Waals surface area contributed by atoms with Gasteiger partial charge in [0.25, 0.3) is 0 Å². The Morgan fingerprint density at radius 3 is 2.38 bits per heavy atom. The number of esters is 2. The summed E-state index contributed by atoms with van der Waals surface area (Å²) in [5.74, 6) is 2.40. The highest BCUT2D eigenvalue weighted by Crippen LogP contribution is 2.69. The molecule has 0 saturated heterocycles. The minimum absolute atomic E-state index is 0.236. The lowest BCUT2D eigenvalue weighted by Gasteiger charge is -2.64. The molecule has 0 bridgehead atoms. The predicted octanol–water partition coefficient (Wildman–Crippen LogP) is 5.46. The minimum atomic E-state index is -1.26. The van der Waals surface area contributed by atoms with Crippen molar-refractivity contribution in [2.75, 3.05) is 0 Å². The zero-order valence-corrected chi connectivity index (χ0v) is 25.3. The van der Waals surface area contributed by atoms with Crippen LogP contribution in [0.2, 0.25) is 0 Å². The fourth-order valence-corrected chi connectivity index (χ4v) is 10.1. The van der Waals surface area contributed by atoms with Crippen LogP contribution in [0, 0.1) is 51.5 Å². The number of quaternary nitrogens is 1. The summed E-state index contributed by atoms with van der Waals surface area (Å²) in [7, 11) is 0. The van der Waals surface area contributed by atoms with Gasteiger partial charge in [0.15, 0.2) is 5.60 Å². The second-order valence-corrected chi connectivity index (χ2v) is 14.3. The van der Waals surface area contributed by atoms with Gasteiger partial charge in [-0.3, -0.25) is 9.59 Å². The highest BCUT2D eigenvalue weighted by atomic mass is 16.8. The van der Waals surface area contributed by atoms with Crippen LogP contribution in [0.5, 0.6) is 0 Å². The summed E-state index contributed by atoms with van der Waals surface area (Å²) in [4.78, 5) is 24.4. The molecule has 2 N–H and O–H groups in total. The predicted molar refractivity (Wildman–Crippen MR) is 149 cm³/mol. The monoisotopic (exact) mass is 548 g/mol. The molecule has 8 nitrogen and oxygen atoms in total. The van der Waals surface area contributed by atoms with Gasteiger partial charge in [-0.25, -0.2) is 0 Å². The SMILES string of the molecule is CC(=O)O[C@H]1CC[C@]2(C)[C@@H]3CC[C@@]4(C)[C@H](CC[C@@H]4[C@H](C)CCCC(C)C)[C@@H]3C/C(=N\[NH+]([O-])O)[C@@]2(OC(C)=O)C1. The van der Waals surface area contributed by atoms with Crippen molar-refractivity contribution >= 4 is 17.7 Å². The van der Waals surface area contributed by atoms with E-state index in [2.05, 4.69) is 39.7 Å². The first-order valence-electron chi connectivity index (χ1n) is 15.4. The topological polar surface area (TPSA) is 113 Å². The average molecular weight is 549 g/mol. The van der Waals surface area contributed by atoms with E-state index in [0.29, 0.717) is 54.6 Å². The molecule has 10 atom stereocenters. The van der Waals surface area contributed by atoms with Crippen LogP contribution in [-0.2, 0) is 19.1 Å². The molecular weight excluding hydrogens is 496 g/mol. The van der Waals surface area contributed by atoms with E-state index in [0.717, 1.165) is 18.8 Å². The first kappa shape index (κ1) is 30.4. The van der Waals surface area contributed by atoms with Crippen molar-refractivity contribution in [2.45, 2.75) is 131 Å². The number of hydrogen-bond acceptors (Lipinski definition) is 7. The number of fused-ring (bicyclic) bond motifs is 5. The molecular formula is C31H52N2O6. The maximum Gasteiger partial charge on any atom is 0.303 e. The van der Waals surface area contributed by atoms with Crippen LogP contribution in [0.15, 0.2) is 5.10 Å². The van der Waals surface area contributed by atoms with E-state index < -0.39 is 28.4 Å². The molecule has 0 aromatic carbocycles. The summed E-state index contributed by atoms with van der Waals surface area (Å²) >= 11 is 0. The first-order chi connectivity index (χ1) is 18.2. The molecule has 0 aromatic heterocycles. The van der Waals surface area contributed by atoms with Crippen LogP contribution in [-0.4, -0.2) is 34.6 Å². The number of rotatable bonds is 8. The smallest absolute Gasteiger partial charge is 0.303 e. The van der Waals surface area contributed by atoms with E-state index in [1.807, 2.05) is 0 Å². The Labute approximate surface area is 234 Å². The summed E-state index contributed by atoms with van der Waals surface area (Å²) < 4.78 is 11.8. The van der Waals surface area contributed by atoms with E-state index in [1.54, 1.807) is 0 Å². The third kappa shape index (κ3) is 5.54. The Hall–Kier alpha value is -1.51. The van der Waals surface area contributed by atoms with Crippen molar-refractivity contribution in [2.24, 2.45) is 51.4 Å². The quantitative estimate of drug-likeness (QED) is 0.308. The van der Waals surface area contributed by atoms with Crippen molar-refractivity contribution in [3.05, 3.63) is 5.21 Å². The van der Waals surface area contributed by atoms with E-state index in [-0.39, 0.29) is 17.8 Å². The molecule has 4 rings (SSSR count). The second-order valence-electron chi connectivity index (χ2n) is 14.3. The Bertz CT molecular complexity index is 951. The van der Waals surface area contributed by atoms with Gasteiger partial charge in [0.05, 0.1) is 0 Å². The maximum atomic E-state index is 12.6. The number of nitrogens with one attached hydrogen (secondary N) is 1. The summed E-state index contributed by atoms with van der Waals surface area (Å²) in [5.41, 5.74) is -0.940. The fourth-order valence-electron chi connectivity index (χ4n) is 10.1. The molecule has 4 aliphatic carbocycles. The summed E-state index contributed by atoms with van der Waals surface area (Å²) in [5, 5.41) is 24.8. The normalized spacial score (nSPS) is 42.3. The van der Waals surface area contributed by atoms with E-state index in [4.69, 9.17) is 9.47 Å². The lowest BCUT2D eigenvalue weighted by molar-refractivity contribution is -1.05. The lowest BCUT2D eigenvalue weighted by Crippen LogP contribution is -3.00. The van der Waals surface area contributed by atoms with E-state index in [9.17, 15) is 20.0 Å². The first-order valence-corrected chi connectivity index (χ1v) is 15.4. The van der Waals surface area contributed by atoms with Crippen molar-refractivity contribution in [3.63, 3.8) is 0 Å². The van der Waals surface area contributed by atoms with Gasteiger partial charge in [-0.1, -0.05) is 59.0 Å². The van der Waals surface area contributed by atoms with Gasteiger partial charge in [0.2, 0.25) is 0 Å². The molecule has 4 aliphatic rings. The molecule has 4 fully saturated rings. The molecule has 0 aromatic rings. The molecule has 39 heavy (non-hydrogen) atoms. The molecule has 0 heterocycles. The van der Waals surface area contributed by atoms with Gasteiger partial charge < -0.3 is 14.7 Å². The zero-order valence-electron chi connectivity index (χ0n) is 25.3. The van der Waals surface area contributed by atoms with E-state index in [1.165, 1.54) is 46.0 Å². The van der Waals surface area contributed by atoms with Crippen LogP contribution in [0.3, 0.4) is 0 Å². The highest BCUT2D eigenvalue weighted by molar-refractivity contribution is 5.96. The average Bonchev–Trinajstić information content (AvgIpc) is 3.16. The van der Waals surface area contributed by atoms with Crippen LogP contribution in [0.25, 0.3) is 0 Å². The standard InChI is InChI=1S/C31H52N2O6/c1-19(2)9-8-10-20(3)25-11-12-26-24-17-28(32-33(36)37)31(39-22(5)35)18-23(38-21(4)34)13-16-30(31,7)27(24)14-15-29(25,26)6/h19-20,23-27,33,36H,8-18H2,1-7H3/b32-28+/t20-,23+,24+,25-,26-,27-,29-,30-,31+/m1/s1. The van der Waals surface area contributed by atoms with Gasteiger partial charge in [0, 0.05) is 25.7 Å². The lowest BCUT2D eigenvalue weighted by atomic mass is 9.42. The van der Waals surface area contributed by atoms with Gasteiger partial charge in [-0.05, 0) is 85.9 Å².